The monoisotopic (exact) mass is 332 g/mol. The number of halogens is 1. The molecule has 1 aromatic rings. The van der Waals surface area contributed by atoms with Gasteiger partial charge in [-0.25, -0.2) is 13.1 Å². The van der Waals surface area contributed by atoms with Gasteiger partial charge < -0.3 is 10.0 Å². The van der Waals surface area contributed by atoms with Crippen molar-refractivity contribution in [2.24, 2.45) is 0 Å². The first-order valence-electron chi connectivity index (χ1n) is 6.97. The molecule has 5 nitrogen and oxygen atoms in total. The van der Waals surface area contributed by atoms with E-state index in [1.807, 2.05) is 12.1 Å². The normalized spacial score (nSPS) is 19.6. The second-order valence-electron chi connectivity index (χ2n) is 5.54. The Hall–Kier alpha value is -0.660. The fourth-order valence-electron chi connectivity index (χ4n) is 2.60. The molecule has 1 atom stereocenters. The zero-order valence-electron chi connectivity index (χ0n) is 12.0. The van der Waals surface area contributed by atoms with Gasteiger partial charge in [-0.15, -0.1) is 0 Å². The van der Waals surface area contributed by atoms with Gasteiger partial charge in [0.25, 0.3) is 0 Å². The summed E-state index contributed by atoms with van der Waals surface area (Å²) in [5, 5.41) is 10.9. The Labute approximate surface area is 131 Å². The Morgan fingerprint density at radius 1 is 1.43 bits per heavy atom. The number of likely N-dealkylation sites (tertiary alicyclic amines) is 1. The number of nitrogens with zero attached hydrogens (tertiary/aromatic N) is 1. The standard InChI is InChI=1S/C14H21ClN2O3S/c1-21(19,20)16-13-5-7-17(8-6-13)10-14(18)11-3-2-4-12(15)9-11/h2-4,9,13-14,16,18H,5-8,10H2,1H3. The number of aliphatic hydroxyl groups excluding tert-OH is 1. The number of benzene rings is 1. The molecule has 0 aliphatic carbocycles. The van der Waals surface area contributed by atoms with Crippen molar-refractivity contribution in [2.75, 3.05) is 25.9 Å². The first-order valence-corrected chi connectivity index (χ1v) is 9.23. The lowest BCUT2D eigenvalue weighted by atomic mass is 10.0. The lowest BCUT2D eigenvalue weighted by Gasteiger charge is -2.33. The van der Waals surface area contributed by atoms with Crippen LogP contribution in [0.4, 0.5) is 0 Å². The van der Waals surface area contributed by atoms with E-state index in [-0.39, 0.29) is 6.04 Å². The van der Waals surface area contributed by atoms with Gasteiger partial charge in [-0.3, -0.25) is 0 Å². The van der Waals surface area contributed by atoms with Gasteiger partial charge in [-0.05, 0) is 43.6 Å². The number of nitrogens with one attached hydrogen (secondary N) is 1. The quantitative estimate of drug-likeness (QED) is 0.855. The molecule has 21 heavy (non-hydrogen) atoms. The first kappa shape index (κ1) is 16.7. The van der Waals surface area contributed by atoms with Crippen molar-refractivity contribution >= 4 is 21.6 Å². The van der Waals surface area contributed by atoms with Gasteiger partial charge in [0.15, 0.2) is 0 Å². The molecule has 1 aliphatic heterocycles. The van der Waals surface area contributed by atoms with Gasteiger partial charge in [-0.1, -0.05) is 23.7 Å². The summed E-state index contributed by atoms with van der Waals surface area (Å²) in [5.41, 5.74) is 0.805. The number of β-amino-alcohol motifs (C(OH)–C–C–N with tert-alkyl or cyclic N) is 1. The maximum atomic E-state index is 11.2. The Balaban J connectivity index is 1.83. The first-order chi connectivity index (χ1) is 9.83. The molecule has 7 heteroatoms. The minimum Gasteiger partial charge on any atom is -0.387 e. The second kappa shape index (κ2) is 7.07. The van der Waals surface area contributed by atoms with Crippen molar-refractivity contribution in [2.45, 2.75) is 25.0 Å². The van der Waals surface area contributed by atoms with Crippen LogP contribution >= 0.6 is 11.6 Å². The highest BCUT2D eigenvalue weighted by molar-refractivity contribution is 7.88. The third-order valence-electron chi connectivity index (χ3n) is 3.63. The molecule has 1 saturated heterocycles. The van der Waals surface area contributed by atoms with Crippen LogP contribution in [0.2, 0.25) is 5.02 Å². The third-order valence-corrected chi connectivity index (χ3v) is 4.63. The van der Waals surface area contributed by atoms with Gasteiger partial charge in [0.05, 0.1) is 12.4 Å². The van der Waals surface area contributed by atoms with E-state index in [1.165, 1.54) is 6.26 Å². The van der Waals surface area contributed by atoms with E-state index >= 15 is 0 Å². The second-order valence-corrected chi connectivity index (χ2v) is 7.75. The fraction of sp³-hybridized carbons (Fsp3) is 0.571. The molecule has 1 heterocycles. The SMILES string of the molecule is CS(=O)(=O)NC1CCN(CC(O)c2cccc(Cl)c2)CC1. The Bertz CT molecular complexity index is 571. The summed E-state index contributed by atoms with van der Waals surface area (Å²) < 4.78 is 25.0. The smallest absolute Gasteiger partial charge is 0.208 e. The summed E-state index contributed by atoms with van der Waals surface area (Å²) in [6.07, 6.45) is 2.12. The molecule has 2 N–H and O–H groups in total. The zero-order valence-corrected chi connectivity index (χ0v) is 13.6. The molecular weight excluding hydrogens is 312 g/mol. The third kappa shape index (κ3) is 5.56. The van der Waals surface area contributed by atoms with Gasteiger partial charge in [0.2, 0.25) is 10.0 Å². The molecule has 0 radical (unpaired) electrons. The fourth-order valence-corrected chi connectivity index (χ4v) is 3.64. The molecule has 0 aromatic heterocycles. The van der Waals surface area contributed by atoms with Crippen LogP contribution in [0.25, 0.3) is 0 Å². The summed E-state index contributed by atoms with van der Waals surface area (Å²) in [4.78, 5) is 2.14. The largest absolute Gasteiger partial charge is 0.387 e. The minimum atomic E-state index is -3.14. The van der Waals surface area contributed by atoms with E-state index in [0.717, 1.165) is 31.5 Å². The summed E-state index contributed by atoms with van der Waals surface area (Å²) in [7, 11) is -3.14. The predicted octanol–water partition coefficient (Wildman–Crippen LogP) is 1.39. The van der Waals surface area contributed by atoms with Crippen molar-refractivity contribution in [3.63, 3.8) is 0 Å². The zero-order chi connectivity index (χ0) is 15.5. The summed E-state index contributed by atoms with van der Waals surface area (Å²) in [6, 6.07) is 7.22. The molecule has 1 aromatic carbocycles. The number of piperidine rings is 1. The molecule has 1 fully saturated rings. The van der Waals surface area contributed by atoms with Gasteiger partial charge >= 0.3 is 0 Å². The highest BCUT2D eigenvalue weighted by atomic mass is 35.5. The molecular formula is C14H21ClN2O3S. The van der Waals surface area contributed by atoms with E-state index in [4.69, 9.17) is 11.6 Å². The van der Waals surface area contributed by atoms with E-state index in [0.29, 0.717) is 11.6 Å². The summed E-state index contributed by atoms with van der Waals surface area (Å²) >= 11 is 5.92. The topological polar surface area (TPSA) is 69.6 Å². The van der Waals surface area contributed by atoms with Crippen molar-refractivity contribution in [1.82, 2.24) is 9.62 Å². The molecule has 0 spiro atoms. The number of hydrogen-bond donors (Lipinski definition) is 2. The number of hydrogen-bond acceptors (Lipinski definition) is 4. The van der Waals surface area contributed by atoms with Crippen LogP contribution in [0.3, 0.4) is 0 Å². The molecule has 118 valence electrons. The van der Waals surface area contributed by atoms with Crippen LogP contribution in [0.1, 0.15) is 24.5 Å². The van der Waals surface area contributed by atoms with Crippen molar-refractivity contribution in [1.29, 1.82) is 0 Å². The lowest BCUT2D eigenvalue weighted by Crippen LogP contribution is -2.45. The van der Waals surface area contributed by atoms with Crippen LogP contribution in [-0.4, -0.2) is 50.4 Å². The molecule has 0 amide bonds. The Morgan fingerprint density at radius 3 is 2.67 bits per heavy atom. The van der Waals surface area contributed by atoms with Gasteiger partial charge in [0.1, 0.15) is 0 Å². The summed E-state index contributed by atoms with van der Waals surface area (Å²) in [5.74, 6) is 0. The maximum Gasteiger partial charge on any atom is 0.208 e. The molecule has 0 bridgehead atoms. The molecule has 1 unspecified atom stereocenters. The van der Waals surface area contributed by atoms with Crippen LogP contribution in [0.5, 0.6) is 0 Å². The number of sulfonamides is 1. The van der Waals surface area contributed by atoms with Gasteiger partial charge in [-0.2, -0.15) is 0 Å². The predicted molar refractivity (Wildman–Crippen MR) is 83.9 cm³/mol. The average Bonchev–Trinajstić information content (AvgIpc) is 2.39. The lowest BCUT2D eigenvalue weighted by molar-refractivity contribution is 0.0963. The van der Waals surface area contributed by atoms with Crippen molar-refractivity contribution in [3.8, 4) is 0 Å². The van der Waals surface area contributed by atoms with Gasteiger partial charge in [0, 0.05) is 17.6 Å². The molecule has 2 rings (SSSR count). The number of aliphatic hydroxyl groups is 1. The summed E-state index contributed by atoms with van der Waals surface area (Å²) in [6.45, 7) is 2.07. The van der Waals surface area contributed by atoms with Crippen LogP contribution in [0.15, 0.2) is 24.3 Å². The van der Waals surface area contributed by atoms with Crippen LogP contribution < -0.4 is 4.72 Å². The highest BCUT2D eigenvalue weighted by Gasteiger charge is 2.23. The van der Waals surface area contributed by atoms with E-state index in [9.17, 15) is 13.5 Å². The average molecular weight is 333 g/mol. The Kier molecular flexibility index (Phi) is 5.62. The van der Waals surface area contributed by atoms with E-state index in [1.54, 1.807) is 12.1 Å². The van der Waals surface area contributed by atoms with E-state index < -0.39 is 16.1 Å². The van der Waals surface area contributed by atoms with E-state index in [2.05, 4.69) is 9.62 Å². The van der Waals surface area contributed by atoms with Crippen molar-refractivity contribution in [3.05, 3.63) is 34.9 Å². The molecule has 1 aliphatic rings. The highest BCUT2D eigenvalue weighted by Crippen LogP contribution is 2.20. The van der Waals surface area contributed by atoms with Crippen molar-refractivity contribution < 1.29 is 13.5 Å². The Morgan fingerprint density at radius 2 is 2.10 bits per heavy atom. The maximum absolute atomic E-state index is 11.2. The molecule has 0 saturated carbocycles. The van der Waals surface area contributed by atoms with Crippen LogP contribution in [-0.2, 0) is 10.0 Å². The number of rotatable bonds is 5. The van der Waals surface area contributed by atoms with Crippen LogP contribution in [0, 0.1) is 0 Å². The minimum absolute atomic E-state index is 0.000405.